The lowest BCUT2D eigenvalue weighted by Gasteiger charge is -2.33. The zero-order valence-electron chi connectivity index (χ0n) is 7.61. The third-order valence-electron chi connectivity index (χ3n) is 2.34. The minimum absolute atomic E-state index is 0.113. The smallest absolute Gasteiger partial charge is 0.307 e. The minimum atomic E-state index is -4.42. The molecule has 15 heavy (non-hydrogen) atoms. The molecule has 0 saturated carbocycles. The van der Waals surface area contributed by atoms with Gasteiger partial charge in [0.2, 0.25) is 0 Å². The van der Waals surface area contributed by atoms with Gasteiger partial charge >= 0.3 is 6.18 Å². The third kappa shape index (κ3) is 2.84. The van der Waals surface area contributed by atoms with E-state index < -0.39 is 30.7 Å². The summed E-state index contributed by atoms with van der Waals surface area (Å²) in [6.07, 6.45) is -4.01. The van der Waals surface area contributed by atoms with Gasteiger partial charge in [-0.3, -0.25) is 0 Å². The lowest BCUT2D eigenvalue weighted by molar-refractivity contribution is -0.183. The molecule has 0 aromatic carbocycles. The summed E-state index contributed by atoms with van der Waals surface area (Å²) in [5.74, 6) is -1.72. The molecule has 0 aromatic heterocycles. The van der Waals surface area contributed by atoms with Gasteiger partial charge in [-0.2, -0.15) is 13.2 Å². The van der Waals surface area contributed by atoms with Gasteiger partial charge in [0, 0.05) is 11.5 Å². The second kappa shape index (κ2) is 4.50. The van der Waals surface area contributed by atoms with E-state index in [9.17, 15) is 18.0 Å². The number of aldehydes is 1. The number of carbonyl (C=O) groups is 1. The number of nitrogens with one attached hydrogen (secondary N) is 1. The molecule has 0 radical (unpaired) electrons. The van der Waals surface area contributed by atoms with Gasteiger partial charge in [-0.05, 0) is 12.0 Å². The maximum atomic E-state index is 12.4. The van der Waals surface area contributed by atoms with Crippen molar-refractivity contribution in [1.82, 2.24) is 5.32 Å². The molecule has 5 nitrogen and oxygen atoms in total. The number of hydrogen-bond donors (Lipinski definition) is 1. The van der Waals surface area contributed by atoms with Gasteiger partial charge in [-0.1, -0.05) is 5.11 Å². The number of piperidine rings is 1. The van der Waals surface area contributed by atoms with Crippen LogP contribution in [0.3, 0.4) is 0 Å². The highest BCUT2D eigenvalue weighted by atomic mass is 19.4. The van der Waals surface area contributed by atoms with Crippen molar-refractivity contribution in [2.24, 2.45) is 11.0 Å². The molecule has 0 spiro atoms. The summed E-state index contributed by atoms with van der Waals surface area (Å²) in [6.45, 7) is -0.392. The van der Waals surface area contributed by atoms with Crippen LogP contribution in [0.1, 0.15) is 6.42 Å². The average Bonchev–Trinajstić information content (AvgIpc) is 2.16. The van der Waals surface area contributed by atoms with E-state index in [1.807, 2.05) is 0 Å². The number of nitrogens with zero attached hydrogens (tertiary/aromatic N) is 3. The van der Waals surface area contributed by atoms with Crippen LogP contribution < -0.4 is 5.32 Å². The predicted octanol–water partition coefficient (Wildman–Crippen LogP) is 1.40. The number of hydrogen-bond acceptors (Lipinski definition) is 3. The Labute approximate surface area is 83.3 Å². The average molecular weight is 222 g/mol. The molecule has 1 aliphatic rings. The molecule has 0 amide bonds. The van der Waals surface area contributed by atoms with Crippen LogP contribution in [0.25, 0.3) is 10.4 Å². The van der Waals surface area contributed by atoms with E-state index in [1.54, 1.807) is 0 Å². The molecule has 1 saturated heterocycles. The van der Waals surface area contributed by atoms with Gasteiger partial charge in [0.1, 0.15) is 6.29 Å². The Morgan fingerprint density at radius 1 is 1.53 bits per heavy atom. The minimum Gasteiger partial charge on any atom is -0.307 e. The molecular weight excluding hydrogens is 213 g/mol. The zero-order chi connectivity index (χ0) is 11.5. The Bertz CT molecular complexity index is 286. The predicted molar refractivity (Wildman–Crippen MR) is 45.0 cm³/mol. The van der Waals surface area contributed by atoms with Crippen LogP contribution in [0.5, 0.6) is 0 Å². The highest BCUT2D eigenvalue weighted by Gasteiger charge is 2.46. The van der Waals surface area contributed by atoms with Crippen LogP contribution in [-0.2, 0) is 4.79 Å². The van der Waals surface area contributed by atoms with Crippen LogP contribution in [0.4, 0.5) is 13.2 Å². The maximum absolute atomic E-state index is 12.4. The van der Waals surface area contributed by atoms with E-state index >= 15 is 0 Å². The zero-order valence-corrected chi connectivity index (χ0v) is 7.61. The first-order chi connectivity index (χ1) is 6.99. The Hall–Kier alpha value is -1.27. The number of carbonyl (C=O) groups excluding carboxylic acids is 1. The van der Waals surface area contributed by atoms with Crippen molar-refractivity contribution in [3.8, 4) is 0 Å². The molecule has 1 rings (SSSR count). The van der Waals surface area contributed by atoms with E-state index in [2.05, 4.69) is 15.3 Å². The molecule has 3 atom stereocenters. The highest BCUT2D eigenvalue weighted by molar-refractivity contribution is 5.57. The molecule has 1 N–H and O–H groups in total. The Morgan fingerprint density at radius 2 is 2.20 bits per heavy atom. The van der Waals surface area contributed by atoms with E-state index in [-0.39, 0.29) is 6.42 Å². The topological polar surface area (TPSA) is 77.9 Å². The van der Waals surface area contributed by atoms with Gasteiger partial charge in [0.25, 0.3) is 0 Å². The Morgan fingerprint density at radius 3 is 2.67 bits per heavy atom. The fourth-order valence-corrected chi connectivity index (χ4v) is 1.55. The molecule has 0 aliphatic carbocycles. The van der Waals surface area contributed by atoms with Gasteiger partial charge < -0.3 is 10.1 Å². The summed E-state index contributed by atoms with van der Waals surface area (Å²) < 4.78 is 37.3. The number of azide groups is 1. The van der Waals surface area contributed by atoms with Crippen LogP contribution in [-0.4, -0.2) is 31.1 Å². The standard InChI is InChI=1S/C7H9F3N4O/c8-7(9,10)5-2-12-4(3-15)1-6(5)13-14-11/h3-6,12H,1-2H2. The molecule has 3 unspecified atom stereocenters. The van der Waals surface area contributed by atoms with Gasteiger partial charge in [0.15, 0.2) is 0 Å². The molecule has 1 heterocycles. The van der Waals surface area contributed by atoms with Gasteiger partial charge in [-0.25, -0.2) is 0 Å². The monoisotopic (exact) mass is 222 g/mol. The first-order valence-electron chi connectivity index (χ1n) is 4.28. The maximum Gasteiger partial charge on any atom is 0.393 e. The lowest BCUT2D eigenvalue weighted by Crippen LogP contribution is -2.51. The van der Waals surface area contributed by atoms with Crippen LogP contribution in [0.15, 0.2) is 5.11 Å². The molecule has 8 heteroatoms. The highest BCUT2D eigenvalue weighted by Crippen LogP contribution is 2.33. The normalized spacial score (nSPS) is 31.8. The third-order valence-corrected chi connectivity index (χ3v) is 2.34. The van der Waals surface area contributed by atoms with Gasteiger partial charge in [0.05, 0.1) is 18.0 Å². The van der Waals surface area contributed by atoms with E-state index in [0.29, 0.717) is 6.29 Å². The van der Waals surface area contributed by atoms with E-state index in [4.69, 9.17) is 5.53 Å². The number of rotatable bonds is 2. The molecule has 0 bridgehead atoms. The summed E-state index contributed by atoms with van der Waals surface area (Å²) >= 11 is 0. The van der Waals surface area contributed by atoms with Gasteiger partial charge in [-0.15, -0.1) is 0 Å². The summed E-state index contributed by atoms with van der Waals surface area (Å²) in [5, 5.41) is 5.53. The molecule has 0 aromatic rings. The van der Waals surface area contributed by atoms with Crippen molar-refractivity contribution in [1.29, 1.82) is 0 Å². The van der Waals surface area contributed by atoms with Crippen LogP contribution >= 0.6 is 0 Å². The van der Waals surface area contributed by atoms with Crippen molar-refractivity contribution in [2.45, 2.75) is 24.7 Å². The SMILES string of the molecule is [N-]=[N+]=NC1CC(C=O)NCC1C(F)(F)F. The van der Waals surface area contributed by atoms with Crippen LogP contribution in [0, 0.1) is 5.92 Å². The molecule has 1 aliphatic heterocycles. The van der Waals surface area contributed by atoms with Crippen molar-refractivity contribution >= 4 is 6.29 Å². The summed E-state index contributed by atoms with van der Waals surface area (Å²) in [4.78, 5) is 12.8. The summed E-state index contributed by atoms with van der Waals surface area (Å²) in [5.41, 5.74) is 8.14. The Kier molecular flexibility index (Phi) is 3.54. The quantitative estimate of drug-likeness (QED) is 0.332. The summed E-state index contributed by atoms with van der Waals surface area (Å²) in [7, 11) is 0. The first-order valence-corrected chi connectivity index (χ1v) is 4.28. The van der Waals surface area contributed by atoms with E-state index in [1.165, 1.54) is 0 Å². The van der Waals surface area contributed by atoms with E-state index in [0.717, 1.165) is 0 Å². The summed E-state index contributed by atoms with van der Waals surface area (Å²) in [6, 6.07) is -1.87. The molecular formula is C7H9F3N4O. The van der Waals surface area contributed by atoms with Crippen molar-refractivity contribution in [3.05, 3.63) is 10.4 Å². The van der Waals surface area contributed by atoms with Crippen molar-refractivity contribution in [3.63, 3.8) is 0 Å². The fraction of sp³-hybridized carbons (Fsp3) is 0.857. The lowest BCUT2D eigenvalue weighted by atomic mass is 9.90. The van der Waals surface area contributed by atoms with Crippen molar-refractivity contribution < 1.29 is 18.0 Å². The molecule has 1 fully saturated rings. The fourth-order valence-electron chi connectivity index (χ4n) is 1.55. The Balaban J connectivity index is 2.80. The van der Waals surface area contributed by atoms with Crippen molar-refractivity contribution in [2.75, 3.05) is 6.54 Å². The largest absolute Gasteiger partial charge is 0.393 e. The van der Waals surface area contributed by atoms with Crippen LogP contribution in [0.2, 0.25) is 0 Å². The number of halogens is 3. The molecule has 84 valence electrons. The first kappa shape index (κ1) is 11.8. The second-order valence-electron chi connectivity index (χ2n) is 3.31. The number of alkyl halides is 3. The second-order valence-corrected chi connectivity index (χ2v) is 3.31.